The molecule has 0 rings (SSSR count). The lowest BCUT2D eigenvalue weighted by Gasteiger charge is -2.09. The fourth-order valence-electron chi connectivity index (χ4n) is 1.02. The fraction of sp³-hybridized carbons (Fsp3) is 0.500. The van der Waals surface area contributed by atoms with Gasteiger partial charge in [-0.1, -0.05) is 12.0 Å². The molecule has 0 amide bonds. The van der Waals surface area contributed by atoms with E-state index in [1.807, 2.05) is 0 Å². The molecule has 0 heterocycles. The van der Waals surface area contributed by atoms with E-state index in [0.717, 1.165) is 0 Å². The summed E-state index contributed by atoms with van der Waals surface area (Å²) in [6.07, 6.45) is 7.16. The van der Waals surface area contributed by atoms with Gasteiger partial charge in [0.2, 0.25) is 0 Å². The minimum Gasteiger partial charge on any atom is -0.465 e. The van der Waals surface area contributed by atoms with Crippen molar-refractivity contribution in [3.8, 4) is 12.3 Å². The topological polar surface area (TPSA) is 43.4 Å². The van der Waals surface area contributed by atoms with Crippen LogP contribution in [0.25, 0.3) is 0 Å². The van der Waals surface area contributed by atoms with Crippen LogP contribution < -0.4 is 0 Å². The second-order valence-corrected chi connectivity index (χ2v) is 3.18. The van der Waals surface area contributed by atoms with Crippen LogP contribution in [0.1, 0.15) is 27.2 Å². The van der Waals surface area contributed by atoms with Crippen LogP contribution in [-0.4, -0.2) is 18.4 Å². The third kappa shape index (κ3) is 5.02. The smallest absolute Gasteiger partial charge is 0.316 e. The maximum atomic E-state index is 11.4. The van der Waals surface area contributed by atoms with Crippen LogP contribution in [0.15, 0.2) is 11.6 Å². The zero-order chi connectivity index (χ0) is 11.8. The van der Waals surface area contributed by atoms with Crippen LogP contribution in [0.2, 0.25) is 0 Å². The summed E-state index contributed by atoms with van der Waals surface area (Å²) in [4.78, 5) is 22.5. The van der Waals surface area contributed by atoms with Gasteiger partial charge in [-0.15, -0.1) is 6.42 Å². The summed E-state index contributed by atoms with van der Waals surface area (Å²) in [6, 6.07) is 0. The van der Waals surface area contributed by atoms with Crippen molar-refractivity contribution in [2.45, 2.75) is 27.2 Å². The number of carbonyl (C=O) groups is 2. The van der Waals surface area contributed by atoms with Crippen molar-refractivity contribution in [3.63, 3.8) is 0 Å². The average molecular weight is 208 g/mol. The highest BCUT2D eigenvalue weighted by Crippen LogP contribution is 2.10. The molecular formula is C12H16O3. The Balaban J connectivity index is 4.50. The fourth-order valence-corrected chi connectivity index (χ4v) is 1.02. The molecule has 3 heteroatoms. The molecule has 0 aliphatic carbocycles. The third-order valence-corrected chi connectivity index (χ3v) is 1.95. The minimum atomic E-state index is -0.728. The molecule has 0 radical (unpaired) electrons. The highest BCUT2D eigenvalue weighted by Gasteiger charge is 2.23. The summed E-state index contributed by atoms with van der Waals surface area (Å²) in [5.74, 6) is 1.02. The number of terminal acetylenes is 1. The number of esters is 1. The van der Waals surface area contributed by atoms with Gasteiger partial charge in [0, 0.05) is 0 Å². The maximum Gasteiger partial charge on any atom is 0.316 e. The molecule has 0 aromatic carbocycles. The summed E-state index contributed by atoms with van der Waals surface area (Å²) in [5.41, 5.74) is 0.713. The van der Waals surface area contributed by atoms with E-state index in [9.17, 15) is 9.59 Å². The van der Waals surface area contributed by atoms with Gasteiger partial charge in [0.25, 0.3) is 0 Å². The monoisotopic (exact) mass is 208 g/mol. The van der Waals surface area contributed by atoms with E-state index >= 15 is 0 Å². The number of carbonyl (C=O) groups excluding carboxylic acids is 2. The SMILES string of the molecule is C#CC(C)=CCC(C(C)=O)C(=O)OCC. The van der Waals surface area contributed by atoms with Gasteiger partial charge >= 0.3 is 5.97 Å². The van der Waals surface area contributed by atoms with Crippen LogP contribution >= 0.6 is 0 Å². The van der Waals surface area contributed by atoms with Gasteiger partial charge in [0.15, 0.2) is 0 Å². The number of hydrogen-bond donors (Lipinski definition) is 0. The first-order chi connectivity index (χ1) is 7.02. The molecule has 0 fully saturated rings. The standard InChI is InChI=1S/C12H16O3/c1-5-9(3)7-8-11(10(4)13)12(14)15-6-2/h1,7,11H,6,8H2,2-4H3. The second kappa shape index (κ2) is 6.83. The molecule has 1 atom stereocenters. The number of ether oxygens (including phenoxy) is 1. The normalized spacial score (nSPS) is 12.8. The van der Waals surface area contributed by atoms with Crippen molar-refractivity contribution in [2.24, 2.45) is 5.92 Å². The Hall–Kier alpha value is -1.56. The number of Topliss-reactive ketones (excluding diaryl/α,β-unsaturated/α-hetero) is 1. The molecule has 15 heavy (non-hydrogen) atoms. The van der Waals surface area contributed by atoms with Gasteiger partial charge in [-0.25, -0.2) is 0 Å². The minimum absolute atomic E-state index is 0.200. The lowest BCUT2D eigenvalue weighted by atomic mass is 10.00. The first kappa shape index (κ1) is 13.4. The van der Waals surface area contributed by atoms with Crippen molar-refractivity contribution in [1.82, 2.24) is 0 Å². The van der Waals surface area contributed by atoms with Gasteiger partial charge in [-0.05, 0) is 32.8 Å². The quantitative estimate of drug-likeness (QED) is 0.392. The summed E-state index contributed by atoms with van der Waals surface area (Å²) in [6.45, 7) is 5.11. The molecule has 0 aliphatic heterocycles. The van der Waals surface area contributed by atoms with Crippen LogP contribution in [0.4, 0.5) is 0 Å². The third-order valence-electron chi connectivity index (χ3n) is 1.95. The second-order valence-electron chi connectivity index (χ2n) is 3.18. The van der Waals surface area contributed by atoms with E-state index < -0.39 is 11.9 Å². The van der Waals surface area contributed by atoms with Crippen LogP contribution in [0.5, 0.6) is 0 Å². The van der Waals surface area contributed by atoms with E-state index in [0.29, 0.717) is 12.0 Å². The van der Waals surface area contributed by atoms with E-state index in [4.69, 9.17) is 11.2 Å². The van der Waals surface area contributed by atoms with Crippen molar-refractivity contribution in [3.05, 3.63) is 11.6 Å². The molecule has 0 N–H and O–H groups in total. The van der Waals surface area contributed by atoms with Crippen molar-refractivity contribution >= 4 is 11.8 Å². The van der Waals surface area contributed by atoms with E-state index in [2.05, 4.69) is 5.92 Å². The Bertz CT molecular complexity index is 307. The maximum absolute atomic E-state index is 11.4. The van der Waals surface area contributed by atoms with E-state index in [1.54, 1.807) is 19.9 Å². The van der Waals surface area contributed by atoms with Crippen LogP contribution in [0.3, 0.4) is 0 Å². The van der Waals surface area contributed by atoms with Gasteiger partial charge < -0.3 is 4.74 Å². The summed E-state index contributed by atoms with van der Waals surface area (Å²) < 4.78 is 4.79. The highest BCUT2D eigenvalue weighted by molar-refractivity contribution is 5.97. The molecule has 0 saturated heterocycles. The molecule has 0 aromatic rings. The van der Waals surface area contributed by atoms with Crippen molar-refractivity contribution in [2.75, 3.05) is 6.61 Å². The van der Waals surface area contributed by atoms with Crippen molar-refractivity contribution < 1.29 is 14.3 Å². The van der Waals surface area contributed by atoms with Gasteiger partial charge in [0.05, 0.1) is 6.61 Å². The zero-order valence-electron chi connectivity index (χ0n) is 9.37. The van der Waals surface area contributed by atoms with Gasteiger partial charge in [-0.2, -0.15) is 0 Å². The Kier molecular flexibility index (Phi) is 6.12. The summed E-state index contributed by atoms with van der Waals surface area (Å²) in [7, 11) is 0. The predicted octanol–water partition coefficient (Wildman–Crippen LogP) is 1.72. The van der Waals surface area contributed by atoms with Crippen molar-refractivity contribution in [1.29, 1.82) is 0 Å². The molecule has 0 bridgehead atoms. The first-order valence-corrected chi connectivity index (χ1v) is 4.83. The van der Waals surface area contributed by atoms with Gasteiger partial charge in [0.1, 0.15) is 11.7 Å². The van der Waals surface area contributed by atoms with E-state index in [1.165, 1.54) is 6.92 Å². The lowest BCUT2D eigenvalue weighted by Crippen LogP contribution is -2.23. The highest BCUT2D eigenvalue weighted by atomic mass is 16.5. The Labute approximate surface area is 90.5 Å². The number of rotatable bonds is 5. The van der Waals surface area contributed by atoms with Crippen LogP contribution in [0, 0.1) is 18.3 Å². The van der Waals surface area contributed by atoms with Crippen LogP contribution in [-0.2, 0) is 14.3 Å². The molecule has 1 unspecified atom stereocenters. The first-order valence-electron chi connectivity index (χ1n) is 4.83. The molecule has 0 saturated carbocycles. The number of ketones is 1. The molecule has 82 valence electrons. The molecule has 3 nitrogen and oxygen atoms in total. The summed E-state index contributed by atoms with van der Waals surface area (Å²) >= 11 is 0. The molecular weight excluding hydrogens is 192 g/mol. The van der Waals surface area contributed by atoms with E-state index in [-0.39, 0.29) is 12.4 Å². The number of allylic oxidation sites excluding steroid dienone is 2. The Morgan fingerprint density at radius 3 is 2.47 bits per heavy atom. The van der Waals surface area contributed by atoms with Gasteiger partial charge in [-0.3, -0.25) is 9.59 Å². The molecule has 0 spiro atoms. The zero-order valence-corrected chi connectivity index (χ0v) is 9.37. The lowest BCUT2D eigenvalue weighted by molar-refractivity contribution is -0.150. The average Bonchev–Trinajstić information content (AvgIpc) is 2.17. The Morgan fingerprint density at radius 2 is 2.07 bits per heavy atom. The molecule has 0 aromatic heterocycles. The Morgan fingerprint density at radius 1 is 1.47 bits per heavy atom. The molecule has 0 aliphatic rings. The number of hydrogen-bond acceptors (Lipinski definition) is 3. The largest absolute Gasteiger partial charge is 0.465 e. The predicted molar refractivity (Wildman–Crippen MR) is 58.0 cm³/mol. The summed E-state index contributed by atoms with van der Waals surface area (Å²) in [5, 5.41) is 0.